The van der Waals surface area contributed by atoms with Gasteiger partial charge in [-0.05, 0) is 36.4 Å². The van der Waals surface area contributed by atoms with Crippen molar-refractivity contribution in [2.24, 2.45) is 0 Å². The van der Waals surface area contributed by atoms with E-state index in [9.17, 15) is 8.78 Å². The first kappa shape index (κ1) is 17.3. The minimum atomic E-state index is -0.807. The molecule has 4 aromatic rings. The zero-order valence-corrected chi connectivity index (χ0v) is 15.4. The molecule has 0 aliphatic heterocycles. The molecule has 2 aromatic heterocycles. The van der Waals surface area contributed by atoms with E-state index >= 15 is 0 Å². The molecule has 6 nitrogen and oxygen atoms in total. The lowest BCUT2D eigenvalue weighted by Gasteiger charge is -2.12. The number of pyridine rings is 1. The van der Waals surface area contributed by atoms with Gasteiger partial charge in [0.1, 0.15) is 17.0 Å². The van der Waals surface area contributed by atoms with Crippen molar-refractivity contribution in [3.05, 3.63) is 64.8 Å². The number of hydrogen-bond donors (Lipinski definition) is 0. The van der Waals surface area contributed by atoms with Crippen LogP contribution < -0.4 is 9.47 Å². The van der Waals surface area contributed by atoms with Crippen LogP contribution in [0.1, 0.15) is 0 Å². The largest absolute Gasteiger partial charge is 0.479 e. The van der Waals surface area contributed by atoms with Gasteiger partial charge in [-0.1, -0.05) is 21.1 Å². The number of nitrogens with zero attached hydrogens (tertiary/aromatic N) is 4. The molecule has 0 saturated heterocycles. The van der Waals surface area contributed by atoms with E-state index in [1.165, 1.54) is 17.9 Å². The lowest BCUT2D eigenvalue weighted by molar-refractivity contribution is 0.402. The van der Waals surface area contributed by atoms with E-state index in [4.69, 9.17) is 9.47 Å². The molecular formula is C18H11BrF2N4O2. The number of aromatic nitrogens is 4. The van der Waals surface area contributed by atoms with Gasteiger partial charge in [0, 0.05) is 16.7 Å². The van der Waals surface area contributed by atoms with Gasteiger partial charge in [-0.25, -0.2) is 18.4 Å². The van der Waals surface area contributed by atoms with Crippen molar-refractivity contribution in [2.45, 2.75) is 0 Å². The Bertz CT molecular complexity index is 1150. The third-order valence-electron chi connectivity index (χ3n) is 3.79. The summed E-state index contributed by atoms with van der Waals surface area (Å²) in [5, 5.41) is 8.25. The summed E-state index contributed by atoms with van der Waals surface area (Å²) in [5.41, 5.74) is 1.60. The minimum absolute atomic E-state index is 0.108. The van der Waals surface area contributed by atoms with Crippen molar-refractivity contribution < 1.29 is 18.3 Å². The van der Waals surface area contributed by atoms with E-state index in [0.717, 1.165) is 16.6 Å². The van der Waals surface area contributed by atoms with Crippen LogP contribution in [0.5, 0.6) is 17.4 Å². The van der Waals surface area contributed by atoms with Gasteiger partial charge < -0.3 is 9.47 Å². The fourth-order valence-corrected chi connectivity index (χ4v) is 2.92. The van der Waals surface area contributed by atoms with Crippen LogP contribution in [-0.4, -0.2) is 27.1 Å². The molecule has 0 aliphatic rings. The third kappa shape index (κ3) is 3.21. The van der Waals surface area contributed by atoms with Crippen LogP contribution in [0.2, 0.25) is 0 Å². The number of benzene rings is 2. The fraction of sp³-hybridized carbons (Fsp3) is 0.0556. The Morgan fingerprint density at radius 3 is 2.63 bits per heavy atom. The van der Waals surface area contributed by atoms with Crippen LogP contribution in [0.15, 0.2) is 53.1 Å². The van der Waals surface area contributed by atoms with Gasteiger partial charge in [-0.3, -0.25) is 0 Å². The molecule has 0 saturated carbocycles. The van der Waals surface area contributed by atoms with Crippen LogP contribution in [0, 0.1) is 11.6 Å². The standard InChI is InChI=1S/C18H11BrF2N4O2/c1-26-18-17-13(6-7-22-18)25(24-23-17)14-8-10(19)2-4-16(14)27-15-5-3-11(20)9-12(15)21/h2-9H,1H3. The molecule has 4 rings (SSSR count). The second-order valence-corrected chi connectivity index (χ2v) is 6.39. The maximum absolute atomic E-state index is 14.0. The minimum Gasteiger partial charge on any atom is -0.479 e. The molecule has 0 unspecified atom stereocenters. The molecule has 9 heteroatoms. The maximum atomic E-state index is 14.0. The Kier molecular flexibility index (Phi) is 4.44. The first-order chi connectivity index (χ1) is 13.1. The van der Waals surface area contributed by atoms with E-state index in [1.54, 1.807) is 30.5 Å². The van der Waals surface area contributed by atoms with Crippen molar-refractivity contribution in [1.82, 2.24) is 20.0 Å². The van der Waals surface area contributed by atoms with E-state index in [1.807, 2.05) is 0 Å². The van der Waals surface area contributed by atoms with Gasteiger partial charge in [-0.2, -0.15) is 0 Å². The SMILES string of the molecule is COc1nccc2c1nnn2-c1cc(Br)ccc1Oc1ccc(F)cc1F. The van der Waals surface area contributed by atoms with Gasteiger partial charge in [-0.15, -0.1) is 5.10 Å². The van der Waals surface area contributed by atoms with Gasteiger partial charge in [0.2, 0.25) is 5.88 Å². The van der Waals surface area contributed by atoms with Crippen LogP contribution in [0.25, 0.3) is 16.7 Å². The summed E-state index contributed by atoms with van der Waals surface area (Å²) in [4.78, 5) is 4.10. The molecule has 0 aliphatic carbocycles. The van der Waals surface area contributed by atoms with Crippen LogP contribution >= 0.6 is 15.9 Å². The average Bonchev–Trinajstić information content (AvgIpc) is 3.09. The van der Waals surface area contributed by atoms with Crippen molar-refractivity contribution in [1.29, 1.82) is 0 Å². The zero-order valence-electron chi connectivity index (χ0n) is 13.9. The number of halogens is 3. The van der Waals surface area contributed by atoms with Crippen molar-refractivity contribution in [3.63, 3.8) is 0 Å². The molecule has 2 heterocycles. The topological polar surface area (TPSA) is 62.1 Å². The van der Waals surface area contributed by atoms with Gasteiger partial charge in [0.15, 0.2) is 22.8 Å². The Morgan fingerprint density at radius 1 is 1.04 bits per heavy atom. The molecule has 0 fully saturated rings. The second kappa shape index (κ2) is 6.92. The molecule has 27 heavy (non-hydrogen) atoms. The van der Waals surface area contributed by atoms with Crippen molar-refractivity contribution in [2.75, 3.05) is 7.11 Å². The number of fused-ring (bicyclic) bond motifs is 1. The predicted octanol–water partition coefficient (Wildman–Crippen LogP) is 4.66. The molecule has 0 bridgehead atoms. The summed E-state index contributed by atoms with van der Waals surface area (Å²) in [6, 6.07) is 9.96. The molecule has 0 N–H and O–H groups in total. The second-order valence-electron chi connectivity index (χ2n) is 5.48. The summed E-state index contributed by atoms with van der Waals surface area (Å²) in [6.45, 7) is 0. The Balaban J connectivity index is 1.85. The first-order valence-electron chi connectivity index (χ1n) is 7.74. The third-order valence-corrected chi connectivity index (χ3v) is 4.28. The van der Waals surface area contributed by atoms with Gasteiger partial charge in [0.05, 0.1) is 7.11 Å². The average molecular weight is 433 g/mol. The van der Waals surface area contributed by atoms with Crippen LogP contribution in [0.3, 0.4) is 0 Å². The van der Waals surface area contributed by atoms with Crippen molar-refractivity contribution in [3.8, 4) is 23.1 Å². The van der Waals surface area contributed by atoms with Crippen LogP contribution in [-0.2, 0) is 0 Å². The highest BCUT2D eigenvalue weighted by Crippen LogP contribution is 2.34. The molecule has 0 amide bonds. The van der Waals surface area contributed by atoms with Crippen molar-refractivity contribution >= 4 is 27.0 Å². The quantitative estimate of drug-likeness (QED) is 0.469. The van der Waals surface area contributed by atoms with E-state index in [2.05, 4.69) is 31.2 Å². The lowest BCUT2D eigenvalue weighted by atomic mass is 10.2. The zero-order chi connectivity index (χ0) is 19.0. The fourth-order valence-electron chi connectivity index (χ4n) is 2.57. The van der Waals surface area contributed by atoms with Gasteiger partial charge in [0.25, 0.3) is 0 Å². The van der Waals surface area contributed by atoms with E-state index < -0.39 is 11.6 Å². The molecule has 0 radical (unpaired) electrons. The van der Waals surface area contributed by atoms with E-state index in [0.29, 0.717) is 28.4 Å². The number of ether oxygens (including phenoxy) is 2. The smallest absolute Gasteiger partial charge is 0.243 e. The summed E-state index contributed by atoms with van der Waals surface area (Å²) in [5.74, 6) is -0.952. The lowest BCUT2D eigenvalue weighted by Crippen LogP contribution is -2.01. The number of methoxy groups -OCH3 is 1. The monoisotopic (exact) mass is 432 g/mol. The summed E-state index contributed by atoms with van der Waals surface area (Å²) >= 11 is 3.41. The molecule has 2 aromatic carbocycles. The number of rotatable bonds is 4. The number of hydrogen-bond acceptors (Lipinski definition) is 5. The van der Waals surface area contributed by atoms with E-state index in [-0.39, 0.29) is 5.75 Å². The Hall–Kier alpha value is -3.07. The summed E-state index contributed by atoms with van der Waals surface area (Å²) in [7, 11) is 1.49. The van der Waals surface area contributed by atoms with Crippen LogP contribution in [0.4, 0.5) is 8.78 Å². The highest BCUT2D eigenvalue weighted by atomic mass is 79.9. The highest BCUT2D eigenvalue weighted by Gasteiger charge is 2.17. The predicted molar refractivity (Wildman–Crippen MR) is 97.3 cm³/mol. The Morgan fingerprint density at radius 2 is 1.85 bits per heavy atom. The normalized spacial score (nSPS) is 11.0. The van der Waals surface area contributed by atoms with Gasteiger partial charge >= 0.3 is 0 Å². The first-order valence-corrected chi connectivity index (χ1v) is 8.53. The molecule has 0 atom stereocenters. The summed E-state index contributed by atoms with van der Waals surface area (Å²) < 4.78 is 40.3. The highest BCUT2D eigenvalue weighted by molar-refractivity contribution is 9.10. The summed E-state index contributed by atoms with van der Waals surface area (Å²) in [6.07, 6.45) is 1.57. The molecular weight excluding hydrogens is 422 g/mol. The Labute approximate surface area is 160 Å². The molecule has 0 spiro atoms. The molecule has 136 valence electrons. The maximum Gasteiger partial charge on any atom is 0.243 e.